The Morgan fingerprint density at radius 2 is 2.00 bits per heavy atom. The van der Waals surface area contributed by atoms with Crippen molar-refractivity contribution in [2.45, 2.75) is 13.8 Å². The number of nitrogens with one attached hydrogen (secondary N) is 1. The number of hydrogen-bond acceptors (Lipinski definition) is 5. The average molecular weight is 322 g/mol. The van der Waals surface area contributed by atoms with Crippen molar-refractivity contribution >= 4 is 44.9 Å². The fourth-order valence-electron chi connectivity index (χ4n) is 2.04. The van der Waals surface area contributed by atoms with E-state index in [0.29, 0.717) is 0 Å². The highest BCUT2D eigenvalue weighted by Gasteiger charge is 2.09. The molecule has 6 heteroatoms. The van der Waals surface area contributed by atoms with E-state index in [0.717, 1.165) is 32.5 Å². The first-order valence-corrected chi connectivity index (χ1v) is 7.13. The quantitative estimate of drug-likeness (QED) is 0.772. The summed E-state index contributed by atoms with van der Waals surface area (Å²) >= 11 is 1.54. The fraction of sp³-hybridized carbons (Fsp3) is 0.200. The highest BCUT2D eigenvalue weighted by Crippen LogP contribution is 2.32. The minimum absolute atomic E-state index is 0. The van der Waals surface area contributed by atoms with Crippen LogP contribution in [0.15, 0.2) is 30.5 Å². The van der Waals surface area contributed by atoms with Crippen LogP contribution in [0, 0.1) is 13.8 Å². The van der Waals surface area contributed by atoms with Crippen LogP contribution in [-0.2, 0) is 0 Å². The van der Waals surface area contributed by atoms with Crippen LogP contribution in [0.4, 0.5) is 10.8 Å². The normalized spacial score (nSPS) is 10.2. The third kappa shape index (κ3) is 3.09. The van der Waals surface area contributed by atoms with Gasteiger partial charge in [-0.1, -0.05) is 17.4 Å². The first kappa shape index (κ1) is 15.5. The Balaban J connectivity index is 0.00000161. The summed E-state index contributed by atoms with van der Waals surface area (Å²) in [5.41, 5.74) is 4.18. The molecule has 0 amide bonds. The third-order valence-electron chi connectivity index (χ3n) is 3.10. The molecule has 0 radical (unpaired) electrons. The molecule has 0 spiro atoms. The number of aryl methyl sites for hydroxylation is 2. The highest BCUT2D eigenvalue weighted by atomic mass is 35.5. The molecule has 0 aliphatic carbocycles. The third-order valence-corrected chi connectivity index (χ3v) is 3.97. The Bertz CT molecular complexity index is 773. The van der Waals surface area contributed by atoms with Gasteiger partial charge in [0.1, 0.15) is 16.1 Å². The Labute approximate surface area is 133 Å². The molecule has 0 atom stereocenters. The number of fused-ring (bicyclic) bond motifs is 1. The number of pyridine rings is 1. The number of hydrogen-bond donors (Lipinski definition) is 1. The number of aromatic nitrogens is 2. The summed E-state index contributed by atoms with van der Waals surface area (Å²) in [7, 11) is 1.67. The van der Waals surface area contributed by atoms with Crippen molar-refractivity contribution in [3.8, 4) is 5.75 Å². The largest absolute Gasteiger partial charge is 0.495 e. The van der Waals surface area contributed by atoms with E-state index in [1.54, 1.807) is 18.4 Å². The minimum Gasteiger partial charge on any atom is -0.495 e. The first-order valence-electron chi connectivity index (χ1n) is 6.31. The van der Waals surface area contributed by atoms with Crippen LogP contribution >= 0.6 is 23.7 Å². The second-order valence-corrected chi connectivity index (χ2v) is 5.61. The topological polar surface area (TPSA) is 47.0 Å². The molecule has 0 unspecified atom stereocenters. The lowest BCUT2D eigenvalue weighted by Crippen LogP contribution is -1.94. The Morgan fingerprint density at radius 3 is 2.71 bits per heavy atom. The molecular weight excluding hydrogens is 306 g/mol. The predicted molar refractivity (Wildman–Crippen MR) is 90.4 cm³/mol. The van der Waals surface area contributed by atoms with Crippen LogP contribution < -0.4 is 10.1 Å². The molecule has 3 rings (SSSR count). The lowest BCUT2D eigenvalue weighted by molar-refractivity contribution is 0.416. The molecular formula is C15H16ClN3OS. The van der Waals surface area contributed by atoms with Crippen molar-refractivity contribution < 1.29 is 4.74 Å². The SMILES string of the molecule is COc1ccc(C)cc1Nc1nc2c(C)ccnc2s1.Cl. The van der Waals surface area contributed by atoms with Crippen molar-refractivity contribution in [3.05, 3.63) is 41.6 Å². The molecule has 2 heterocycles. The van der Waals surface area contributed by atoms with E-state index in [2.05, 4.69) is 22.2 Å². The van der Waals surface area contributed by atoms with Gasteiger partial charge in [0.2, 0.25) is 0 Å². The van der Waals surface area contributed by atoms with Crippen LogP contribution in [0.25, 0.3) is 10.3 Å². The van der Waals surface area contributed by atoms with E-state index in [9.17, 15) is 0 Å². The van der Waals surface area contributed by atoms with E-state index in [4.69, 9.17) is 4.74 Å². The van der Waals surface area contributed by atoms with Crippen LogP contribution in [0.5, 0.6) is 5.75 Å². The molecule has 0 aliphatic rings. The van der Waals surface area contributed by atoms with Gasteiger partial charge in [0.05, 0.1) is 12.8 Å². The van der Waals surface area contributed by atoms with Crippen LogP contribution in [-0.4, -0.2) is 17.1 Å². The highest BCUT2D eigenvalue weighted by molar-refractivity contribution is 7.21. The summed E-state index contributed by atoms with van der Waals surface area (Å²) in [4.78, 5) is 9.89. The number of nitrogens with zero attached hydrogens (tertiary/aromatic N) is 2. The van der Waals surface area contributed by atoms with Crippen molar-refractivity contribution in [2.75, 3.05) is 12.4 Å². The molecule has 21 heavy (non-hydrogen) atoms. The van der Waals surface area contributed by atoms with Crippen molar-refractivity contribution in [3.63, 3.8) is 0 Å². The van der Waals surface area contributed by atoms with Crippen molar-refractivity contribution in [2.24, 2.45) is 0 Å². The van der Waals surface area contributed by atoms with Crippen LogP contribution in [0.1, 0.15) is 11.1 Å². The van der Waals surface area contributed by atoms with E-state index in [1.165, 1.54) is 5.56 Å². The number of methoxy groups -OCH3 is 1. The molecule has 0 aliphatic heterocycles. The number of benzene rings is 1. The minimum atomic E-state index is 0. The average Bonchev–Trinajstić information content (AvgIpc) is 2.83. The summed E-state index contributed by atoms with van der Waals surface area (Å²) in [5, 5.41) is 4.15. The summed E-state index contributed by atoms with van der Waals surface area (Å²) in [6, 6.07) is 7.99. The lowest BCUT2D eigenvalue weighted by Gasteiger charge is -2.09. The molecule has 0 bridgehead atoms. The molecule has 4 nitrogen and oxygen atoms in total. The summed E-state index contributed by atoms with van der Waals surface area (Å²) < 4.78 is 5.37. The number of anilines is 2. The second-order valence-electron chi connectivity index (χ2n) is 4.63. The van der Waals surface area contributed by atoms with Gasteiger partial charge in [-0.05, 0) is 43.2 Å². The standard InChI is InChI=1S/C15H15N3OS.ClH/c1-9-4-5-12(19-3)11(8-9)17-15-18-13-10(2)6-7-16-14(13)20-15;/h4-8H,1-3H3,(H,17,18);1H. The van der Waals surface area contributed by atoms with Gasteiger partial charge in [-0.15, -0.1) is 12.4 Å². The zero-order valence-corrected chi connectivity index (χ0v) is 13.6. The van der Waals surface area contributed by atoms with Gasteiger partial charge in [-0.2, -0.15) is 0 Å². The van der Waals surface area contributed by atoms with Crippen molar-refractivity contribution in [1.29, 1.82) is 0 Å². The number of ether oxygens (including phenoxy) is 1. The molecule has 1 aromatic carbocycles. The molecule has 0 fully saturated rings. The van der Waals surface area contributed by atoms with Gasteiger partial charge in [0, 0.05) is 6.20 Å². The van der Waals surface area contributed by atoms with Crippen LogP contribution in [0.3, 0.4) is 0 Å². The Hall–Kier alpha value is -1.85. The molecule has 3 aromatic rings. The zero-order chi connectivity index (χ0) is 14.1. The number of rotatable bonds is 3. The van der Waals surface area contributed by atoms with Gasteiger partial charge in [-0.25, -0.2) is 9.97 Å². The molecule has 2 aromatic heterocycles. The molecule has 0 saturated carbocycles. The van der Waals surface area contributed by atoms with Gasteiger partial charge in [0.15, 0.2) is 5.13 Å². The summed E-state index contributed by atoms with van der Waals surface area (Å²) in [6.45, 7) is 4.09. The number of thiazole rings is 1. The monoisotopic (exact) mass is 321 g/mol. The number of halogens is 1. The summed E-state index contributed by atoms with van der Waals surface area (Å²) in [6.07, 6.45) is 1.81. The molecule has 0 saturated heterocycles. The van der Waals surface area contributed by atoms with E-state index < -0.39 is 0 Å². The van der Waals surface area contributed by atoms with Gasteiger partial charge < -0.3 is 10.1 Å². The molecule has 1 N–H and O–H groups in total. The van der Waals surface area contributed by atoms with Gasteiger partial charge in [0.25, 0.3) is 0 Å². The smallest absolute Gasteiger partial charge is 0.189 e. The molecule has 110 valence electrons. The van der Waals surface area contributed by atoms with E-state index in [-0.39, 0.29) is 12.4 Å². The Morgan fingerprint density at radius 1 is 1.19 bits per heavy atom. The van der Waals surface area contributed by atoms with E-state index >= 15 is 0 Å². The first-order chi connectivity index (χ1) is 9.67. The second kappa shape index (κ2) is 6.28. The maximum Gasteiger partial charge on any atom is 0.189 e. The summed E-state index contributed by atoms with van der Waals surface area (Å²) in [5.74, 6) is 0.805. The van der Waals surface area contributed by atoms with Crippen molar-refractivity contribution in [1.82, 2.24) is 9.97 Å². The Kier molecular flexibility index (Phi) is 4.65. The maximum atomic E-state index is 5.37. The van der Waals surface area contributed by atoms with Gasteiger partial charge >= 0.3 is 0 Å². The lowest BCUT2D eigenvalue weighted by atomic mass is 10.2. The van der Waals surface area contributed by atoms with Crippen LogP contribution in [0.2, 0.25) is 0 Å². The van der Waals surface area contributed by atoms with Gasteiger partial charge in [-0.3, -0.25) is 0 Å². The van der Waals surface area contributed by atoms with E-state index in [1.807, 2.05) is 37.4 Å². The maximum absolute atomic E-state index is 5.37. The predicted octanol–water partition coefficient (Wildman–Crippen LogP) is 4.48. The zero-order valence-electron chi connectivity index (χ0n) is 12.0. The fourth-order valence-corrected chi connectivity index (χ4v) is 2.94.